The third-order valence-electron chi connectivity index (χ3n) is 5.06. The van der Waals surface area contributed by atoms with Gasteiger partial charge in [0, 0.05) is 24.8 Å². The number of carbonyl (C=O) groups is 1. The van der Waals surface area contributed by atoms with E-state index in [0.29, 0.717) is 31.0 Å². The number of nitrogens with zero attached hydrogens (tertiary/aromatic N) is 6. The van der Waals surface area contributed by atoms with Crippen LogP contribution in [0.25, 0.3) is 22.5 Å². The molecule has 0 aliphatic carbocycles. The van der Waals surface area contributed by atoms with Crippen molar-refractivity contribution in [2.45, 2.75) is 32.7 Å². The zero-order valence-corrected chi connectivity index (χ0v) is 17.5. The number of aromatic amines is 1. The fraction of sp³-hybridized carbons (Fsp3) is 0.217. The second-order valence-corrected chi connectivity index (χ2v) is 7.16. The number of carbonyl (C=O) groups excluding carboxylic acids is 1. The quantitative estimate of drug-likeness (QED) is 0.454. The van der Waals surface area contributed by atoms with Crippen molar-refractivity contribution < 1.29 is 4.79 Å². The molecule has 0 bridgehead atoms. The Hall–Kier alpha value is -4.32. The Labute approximate surface area is 184 Å². The molecule has 0 unspecified atom stereocenters. The molecule has 0 amide bonds. The van der Waals surface area contributed by atoms with Crippen LogP contribution in [0, 0.1) is 12.3 Å². The Morgan fingerprint density at radius 3 is 2.59 bits per heavy atom. The highest BCUT2D eigenvalue weighted by molar-refractivity contribution is 5.77. The maximum atomic E-state index is 12.8. The molecule has 9 heteroatoms. The fourth-order valence-corrected chi connectivity index (χ4v) is 3.38. The summed E-state index contributed by atoms with van der Waals surface area (Å²) in [5, 5.41) is 18.3. The second kappa shape index (κ2) is 9.22. The van der Waals surface area contributed by atoms with Crippen LogP contribution in [-0.2, 0) is 13.0 Å². The van der Waals surface area contributed by atoms with Crippen molar-refractivity contribution in [2.75, 3.05) is 0 Å². The highest BCUT2D eigenvalue weighted by Gasteiger charge is 2.17. The first-order valence-corrected chi connectivity index (χ1v) is 10.2. The highest BCUT2D eigenvalue weighted by atomic mass is 16.2. The lowest BCUT2D eigenvalue weighted by Crippen LogP contribution is -2.30. The number of tetrazole rings is 1. The Morgan fingerprint density at radius 1 is 1.12 bits per heavy atom. The lowest BCUT2D eigenvalue weighted by Gasteiger charge is -2.07. The molecule has 4 rings (SSSR count). The van der Waals surface area contributed by atoms with E-state index in [1.165, 1.54) is 4.57 Å². The molecular formula is C23H21N7O2. The van der Waals surface area contributed by atoms with Gasteiger partial charge >= 0.3 is 5.69 Å². The van der Waals surface area contributed by atoms with E-state index in [-0.39, 0.29) is 12.3 Å². The predicted molar refractivity (Wildman–Crippen MR) is 119 cm³/mol. The van der Waals surface area contributed by atoms with Gasteiger partial charge < -0.3 is 0 Å². The Morgan fingerprint density at radius 2 is 1.91 bits per heavy atom. The third-order valence-corrected chi connectivity index (χ3v) is 5.06. The van der Waals surface area contributed by atoms with Gasteiger partial charge in [-0.2, -0.15) is 5.21 Å². The smallest absolute Gasteiger partial charge is 0.274 e. The van der Waals surface area contributed by atoms with Crippen LogP contribution in [0.4, 0.5) is 0 Å². The third kappa shape index (κ3) is 4.25. The molecule has 0 fully saturated rings. The van der Waals surface area contributed by atoms with Crippen LogP contribution in [0.1, 0.15) is 35.9 Å². The molecule has 9 nitrogen and oxygen atoms in total. The molecule has 0 aliphatic heterocycles. The van der Waals surface area contributed by atoms with Crippen LogP contribution in [0.5, 0.6) is 0 Å². The average molecular weight is 427 g/mol. The first-order chi connectivity index (χ1) is 15.6. The SMILES string of the molecule is C#CCCc1nn(C(=O)CC)c(=O)n1Cc1ccc(-c2cccc(-c3nn[nH]n3)c2)cc1. The summed E-state index contributed by atoms with van der Waals surface area (Å²) in [6, 6.07) is 15.7. The molecule has 2 aromatic carbocycles. The van der Waals surface area contributed by atoms with Gasteiger partial charge in [-0.25, -0.2) is 4.79 Å². The van der Waals surface area contributed by atoms with E-state index in [4.69, 9.17) is 6.42 Å². The van der Waals surface area contributed by atoms with E-state index in [2.05, 4.69) is 31.6 Å². The van der Waals surface area contributed by atoms with Crippen molar-refractivity contribution in [3.63, 3.8) is 0 Å². The minimum Gasteiger partial charge on any atom is -0.274 e. The van der Waals surface area contributed by atoms with Gasteiger partial charge in [-0.15, -0.1) is 32.3 Å². The fourth-order valence-electron chi connectivity index (χ4n) is 3.38. The zero-order valence-electron chi connectivity index (χ0n) is 17.5. The van der Waals surface area contributed by atoms with Gasteiger partial charge in [0.25, 0.3) is 5.91 Å². The summed E-state index contributed by atoms with van der Waals surface area (Å²) in [5.41, 5.74) is 3.34. The van der Waals surface area contributed by atoms with Gasteiger partial charge in [0.1, 0.15) is 5.82 Å². The lowest BCUT2D eigenvalue weighted by molar-refractivity contribution is 0.0887. The topological polar surface area (TPSA) is 111 Å². The molecule has 0 spiro atoms. The van der Waals surface area contributed by atoms with E-state index in [1.54, 1.807) is 6.92 Å². The van der Waals surface area contributed by atoms with Gasteiger partial charge in [0.2, 0.25) is 5.82 Å². The number of hydrogen-bond donors (Lipinski definition) is 1. The molecule has 1 N–H and O–H groups in total. The summed E-state index contributed by atoms with van der Waals surface area (Å²) in [4.78, 5) is 24.8. The normalized spacial score (nSPS) is 10.8. The molecule has 0 saturated heterocycles. The van der Waals surface area contributed by atoms with Crippen LogP contribution >= 0.6 is 0 Å². The molecule has 2 aromatic heterocycles. The van der Waals surface area contributed by atoms with E-state index < -0.39 is 5.69 Å². The van der Waals surface area contributed by atoms with E-state index in [9.17, 15) is 9.59 Å². The van der Waals surface area contributed by atoms with Crippen LogP contribution < -0.4 is 5.69 Å². The molecule has 160 valence electrons. The molecule has 0 aliphatic rings. The summed E-state index contributed by atoms with van der Waals surface area (Å²) in [5.74, 6) is 3.25. The molecule has 0 atom stereocenters. The number of terminal acetylenes is 1. The maximum absolute atomic E-state index is 12.8. The molecule has 4 aromatic rings. The van der Waals surface area contributed by atoms with Crippen LogP contribution in [-0.4, -0.2) is 40.9 Å². The van der Waals surface area contributed by atoms with Crippen molar-refractivity contribution in [1.29, 1.82) is 0 Å². The number of H-pyrrole nitrogens is 1. The highest BCUT2D eigenvalue weighted by Crippen LogP contribution is 2.24. The van der Waals surface area contributed by atoms with Gasteiger partial charge in [-0.1, -0.05) is 49.4 Å². The standard InChI is InChI=1S/C23H21N7O2/c1-3-5-9-20-26-30(21(31)4-2)23(32)29(20)15-16-10-12-17(13-11-16)18-7-6-8-19(14-18)22-24-27-28-25-22/h1,6-8,10-14H,4-5,9,15H2,2H3,(H,24,25,27,28). The summed E-state index contributed by atoms with van der Waals surface area (Å²) in [6.07, 6.45) is 6.43. The van der Waals surface area contributed by atoms with Crippen molar-refractivity contribution in [2.24, 2.45) is 0 Å². The van der Waals surface area contributed by atoms with E-state index in [0.717, 1.165) is 26.9 Å². The van der Waals surface area contributed by atoms with Gasteiger partial charge in [0.15, 0.2) is 0 Å². The van der Waals surface area contributed by atoms with Gasteiger partial charge in [-0.05, 0) is 28.0 Å². The van der Waals surface area contributed by atoms with Crippen LogP contribution in [0.3, 0.4) is 0 Å². The molecule has 0 saturated carbocycles. The van der Waals surface area contributed by atoms with Crippen molar-refractivity contribution in [3.8, 4) is 34.9 Å². The lowest BCUT2D eigenvalue weighted by atomic mass is 10.0. The summed E-state index contributed by atoms with van der Waals surface area (Å²) in [7, 11) is 0. The summed E-state index contributed by atoms with van der Waals surface area (Å²) >= 11 is 0. The number of aryl methyl sites for hydroxylation is 1. The van der Waals surface area contributed by atoms with Crippen LogP contribution in [0.2, 0.25) is 0 Å². The van der Waals surface area contributed by atoms with Gasteiger partial charge in [-0.3, -0.25) is 9.36 Å². The Balaban J connectivity index is 1.60. The first-order valence-electron chi connectivity index (χ1n) is 10.2. The largest absolute Gasteiger partial charge is 0.353 e. The minimum absolute atomic E-state index is 0.198. The average Bonchev–Trinajstić information content (AvgIpc) is 3.47. The first kappa shape index (κ1) is 20.9. The Bertz CT molecular complexity index is 1330. The summed E-state index contributed by atoms with van der Waals surface area (Å²) in [6.45, 7) is 2.00. The Kier molecular flexibility index (Phi) is 6.03. The number of hydrogen-bond acceptors (Lipinski definition) is 6. The molecule has 2 heterocycles. The zero-order chi connectivity index (χ0) is 22.5. The minimum atomic E-state index is -0.444. The second-order valence-electron chi connectivity index (χ2n) is 7.16. The van der Waals surface area contributed by atoms with Crippen molar-refractivity contribution >= 4 is 5.91 Å². The van der Waals surface area contributed by atoms with Crippen LogP contribution in [0.15, 0.2) is 53.3 Å². The molecular weight excluding hydrogens is 406 g/mol. The summed E-state index contributed by atoms with van der Waals surface area (Å²) < 4.78 is 2.44. The van der Waals surface area contributed by atoms with Crippen molar-refractivity contribution in [3.05, 3.63) is 70.4 Å². The van der Waals surface area contributed by atoms with Gasteiger partial charge in [0.05, 0.1) is 6.54 Å². The molecule has 0 radical (unpaired) electrons. The number of benzene rings is 2. The monoisotopic (exact) mass is 427 g/mol. The van der Waals surface area contributed by atoms with Crippen molar-refractivity contribution in [1.82, 2.24) is 35.0 Å². The number of rotatable bonds is 7. The van der Waals surface area contributed by atoms with E-state index >= 15 is 0 Å². The maximum Gasteiger partial charge on any atom is 0.353 e. The number of aromatic nitrogens is 7. The number of nitrogens with one attached hydrogen (secondary N) is 1. The van der Waals surface area contributed by atoms with E-state index in [1.807, 2.05) is 48.5 Å². The molecule has 32 heavy (non-hydrogen) atoms. The predicted octanol–water partition coefficient (Wildman–Crippen LogP) is 2.56.